The maximum atomic E-state index is 11.3. The second kappa shape index (κ2) is 10.7. The minimum atomic E-state index is -0.545. The lowest BCUT2D eigenvalue weighted by Gasteiger charge is -2.24. The van der Waals surface area contributed by atoms with E-state index in [0.29, 0.717) is 11.7 Å². The van der Waals surface area contributed by atoms with Gasteiger partial charge in [-0.1, -0.05) is 43.7 Å². The number of hydrogen-bond acceptors (Lipinski definition) is 5. The highest BCUT2D eigenvalue weighted by atomic mass is 16.6. The van der Waals surface area contributed by atoms with Crippen LogP contribution in [0.25, 0.3) is 0 Å². The Morgan fingerprint density at radius 3 is 2.93 bits per heavy atom. The van der Waals surface area contributed by atoms with Gasteiger partial charge < -0.3 is 19.3 Å². The van der Waals surface area contributed by atoms with Crippen LogP contribution >= 0.6 is 0 Å². The molecule has 2 aliphatic rings. The van der Waals surface area contributed by atoms with Gasteiger partial charge in [-0.15, -0.1) is 0 Å². The highest BCUT2D eigenvalue weighted by molar-refractivity contribution is 5.70. The van der Waals surface area contributed by atoms with E-state index < -0.39 is 12.1 Å². The molecule has 1 N–H and O–H groups in total. The van der Waals surface area contributed by atoms with Gasteiger partial charge in [0.05, 0.1) is 25.2 Å². The summed E-state index contributed by atoms with van der Waals surface area (Å²) in [6, 6.07) is 7.82. The normalized spacial score (nSPS) is 25.9. The average Bonchev–Trinajstić information content (AvgIpc) is 3.33. The first-order chi connectivity index (χ1) is 14.1. The standard InChI is InChI=1S/C24H32O5/c1-3-4-5-8-18(25)10-11-20-21(23-13-12-22(20)29-23)15-17-7-6-9-19(14-17)28-16-24(26)27-2/h6-7,9,14,18,20-23,25H,3-5,8,12-13,15-16H2,1-2H3/t18-,20+,21-,22-,23+/m0/s1. The van der Waals surface area contributed by atoms with Gasteiger partial charge in [-0.25, -0.2) is 4.79 Å². The summed E-state index contributed by atoms with van der Waals surface area (Å²) >= 11 is 0. The summed E-state index contributed by atoms with van der Waals surface area (Å²) in [4.78, 5) is 11.3. The molecule has 0 spiro atoms. The zero-order valence-electron chi connectivity index (χ0n) is 17.4. The Balaban J connectivity index is 1.62. The molecule has 0 unspecified atom stereocenters. The SMILES string of the molecule is CCCCC[C@H](O)C#C[C@@H]1[C@H](Cc2cccc(OCC(=O)OC)c2)[C@H]2CC[C@@H]1O2. The zero-order valence-corrected chi connectivity index (χ0v) is 17.4. The van der Waals surface area contributed by atoms with E-state index in [1.807, 2.05) is 18.2 Å². The predicted octanol–water partition coefficient (Wildman–Crippen LogP) is 3.52. The molecule has 0 aliphatic carbocycles. The van der Waals surface area contributed by atoms with Crippen LogP contribution in [0.2, 0.25) is 0 Å². The Morgan fingerprint density at radius 2 is 2.14 bits per heavy atom. The van der Waals surface area contributed by atoms with E-state index in [1.165, 1.54) is 7.11 Å². The van der Waals surface area contributed by atoms with Crippen LogP contribution in [0, 0.1) is 23.7 Å². The molecular weight excluding hydrogens is 368 g/mol. The third-order valence-electron chi connectivity index (χ3n) is 5.88. The van der Waals surface area contributed by atoms with Gasteiger partial charge in [0, 0.05) is 5.92 Å². The number of unbranched alkanes of at least 4 members (excludes halogenated alkanes) is 2. The molecule has 0 aromatic heterocycles. The highest BCUT2D eigenvalue weighted by Crippen LogP contribution is 2.44. The van der Waals surface area contributed by atoms with Gasteiger partial charge in [0.25, 0.3) is 0 Å². The van der Waals surface area contributed by atoms with Crippen LogP contribution in [-0.4, -0.2) is 43.1 Å². The Bertz CT molecular complexity index is 734. The molecule has 158 valence electrons. The molecule has 5 atom stereocenters. The van der Waals surface area contributed by atoms with Crippen LogP contribution in [0.4, 0.5) is 0 Å². The maximum Gasteiger partial charge on any atom is 0.343 e. The second-order valence-electron chi connectivity index (χ2n) is 8.00. The zero-order chi connectivity index (χ0) is 20.6. The number of carbonyl (C=O) groups is 1. The molecule has 2 heterocycles. The maximum absolute atomic E-state index is 11.3. The van der Waals surface area contributed by atoms with Crippen LogP contribution in [0.15, 0.2) is 24.3 Å². The fourth-order valence-corrected chi connectivity index (χ4v) is 4.32. The molecule has 29 heavy (non-hydrogen) atoms. The van der Waals surface area contributed by atoms with Crippen molar-refractivity contribution < 1.29 is 24.1 Å². The second-order valence-corrected chi connectivity index (χ2v) is 8.00. The molecule has 2 bridgehead atoms. The van der Waals surface area contributed by atoms with Gasteiger partial charge in [-0.3, -0.25) is 0 Å². The lowest BCUT2D eigenvalue weighted by Crippen LogP contribution is -2.28. The number of fused-ring (bicyclic) bond motifs is 2. The van der Waals surface area contributed by atoms with Crippen molar-refractivity contribution in [3.63, 3.8) is 0 Å². The van der Waals surface area contributed by atoms with Gasteiger partial charge in [0.2, 0.25) is 0 Å². The van der Waals surface area contributed by atoms with Crippen molar-refractivity contribution >= 4 is 5.97 Å². The summed E-state index contributed by atoms with van der Waals surface area (Å²) in [6.07, 6.45) is 6.87. The lowest BCUT2D eigenvalue weighted by atomic mass is 9.76. The van der Waals surface area contributed by atoms with Crippen LogP contribution in [-0.2, 0) is 20.7 Å². The van der Waals surface area contributed by atoms with Gasteiger partial charge in [-0.2, -0.15) is 0 Å². The summed E-state index contributed by atoms with van der Waals surface area (Å²) in [6.45, 7) is 2.06. The smallest absolute Gasteiger partial charge is 0.343 e. The molecule has 1 aromatic carbocycles. The number of esters is 1. The Kier molecular flexibility index (Phi) is 7.97. The molecule has 3 rings (SSSR count). The first-order valence-electron chi connectivity index (χ1n) is 10.7. The van der Waals surface area contributed by atoms with Crippen LogP contribution in [0.1, 0.15) is 51.0 Å². The van der Waals surface area contributed by atoms with Crippen LogP contribution in [0.5, 0.6) is 5.75 Å². The Labute approximate surface area is 173 Å². The largest absolute Gasteiger partial charge is 0.482 e. The molecule has 0 amide bonds. The summed E-state index contributed by atoms with van der Waals surface area (Å²) in [5.41, 5.74) is 1.14. The third-order valence-corrected chi connectivity index (χ3v) is 5.88. The van der Waals surface area contributed by atoms with E-state index in [-0.39, 0.29) is 24.7 Å². The van der Waals surface area contributed by atoms with Crippen molar-refractivity contribution in [2.45, 2.75) is 70.2 Å². The topological polar surface area (TPSA) is 65.0 Å². The molecule has 0 radical (unpaired) electrons. The monoisotopic (exact) mass is 400 g/mol. The molecule has 5 heteroatoms. The summed E-state index contributed by atoms with van der Waals surface area (Å²) in [5.74, 6) is 7.18. The number of ether oxygens (including phenoxy) is 3. The van der Waals surface area contributed by atoms with E-state index in [0.717, 1.165) is 50.5 Å². The van der Waals surface area contributed by atoms with Gasteiger partial charge >= 0.3 is 5.97 Å². The Morgan fingerprint density at radius 1 is 1.31 bits per heavy atom. The Hall–Kier alpha value is -2.03. The van der Waals surface area contributed by atoms with E-state index in [4.69, 9.17) is 9.47 Å². The number of benzene rings is 1. The van der Waals surface area contributed by atoms with Crippen molar-refractivity contribution in [3.8, 4) is 17.6 Å². The van der Waals surface area contributed by atoms with Gasteiger partial charge in [-0.05, 0) is 49.8 Å². The van der Waals surface area contributed by atoms with Crippen molar-refractivity contribution in [2.75, 3.05) is 13.7 Å². The summed E-state index contributed by atoms with van der Waals surface area (Å²) in [5, 5.41) is 10.2. The number of aliphatic hydroxyl groups is 1. The van der Waals surface area contributed by atoms with E-state index in [2.05, 4.69) is 29.6 Å². The number of aliphatic hydroxyl groups excluding tert-OH is 1. The summed E-state index contributed by atoms with van der Waals surface area (Å²) < 4.78 is 16.3. The van der Waals surface area contributed by atoms with Crippen molar-refractivity contribution in [1.82, 2.24) is 0 Å². The summed E-state index contributed by atoms with van der Waals surface area (Å²) in [7, 11) is 1.35. The van der Waals surface area contributed by atoms with Crippen LogP contribution < -0.4 is 4.74 Å². The highest BCUT2D eigenvalue weighted by Gasteiger charge is 2.48. The molecule has 2 saturated heterocycles. The van der Waals surface area contributed by atoms with Crippen LogP contribution in [0.3, 0.4) is 0 Å². The fraction of sp³-hybridized carbons (Fsp3) is 0.625. The first-order valence-corrected chi connectivity index (χ1v) is 10.7. The van der Waals surface area contributed by atoms with Crippen molar-refractivity contribution in [2.24, 2.45) is 11.8 Å². The minimum absolute atomic E-state index is 0.0960. The van der Waals surface area contributed by atoms with E-state index in [1.54, 1.807) is 0 Å². The average molecular weight is 401 g/mol. The molecule has 5 nitrogen and oxygen atoms in total. The van der Waals surface area contributed by atoms with Crippen molar-refractivity contribution in [3.05, 3.63) is 29.8 Å². The van der Waals surface area contributed by atoms with E-state index in [9.17, 15) is 9.90 Å². The quantitative estimate of drug-likeness (QED) is 0.390. The number of hydrogen-bond donors (Lipinski definition) is 1. The van der Waals surface area contributed by atoms with Gasteiger partial charge in [0.1, 0.15) is 11.9 Å². The molecule has 2 fully saturated rings. The van der Waals surface area contributed by atoms with Gasteiger partial charge in [0.15, 0.2) is 6.61 Å². The number of carbonyl (C=O) groups excluding carboxylic acids is 1. The molecule has 0 saturated carbocycles. The first kappa shape index (κ1) is 21.7. The number of rotatable bonds is 9. The third kappa shape index (κ3) is 5.98. The molecule has 1 aromatic rings. The fourth-order valence-electron chi connectivity index (χ4n) is 4.32. The van der Waals surface area contributed by atoms with Crippen molar-refractivity contribution in [1.29, 1.82) is 0 Å². The number of methoxy groups -OCH3 is 1. The minimum Gasteiger partial charge on any atom is -0.482 e. The molecular formula is C24H32O5. The molecule has 2 aliphatic heterocycles. The lowest BCUT2D eigenvalue weighted by molar-refractivity contribution is -0.142. The van der Waals surface area contributed by atoms with E-state index >= 15 is 0 Å². The predicted molar refractivity (Wildman–Crippen MR) is 110 cm³/mol.